The average Bonchev–Trinajstić information content (AvgIpc) is 3.29. The molecule has 7 nitrogen and oxygen atoms in total. The third-order valence-corrected chi connectivity index (χ3v) is 5.76. The van der Waals surface area contributed by atoms with Gasteiger partial charge in [-0.3, -0.25) is 9.59 Å². The van der Waals surface area contributed by atoms with E-state index in [2.05, 4.69) is 5.32 Å². The molecular weight excluding hydrogens is 396 g/mol. The fourth-order valence-electron chi connectivity index (χ4n) is 3.86. The Morgan fingerprint density at radius 3 is 2.68 bits per heavy atom. The number of carbonyl (C=O) groups excluding carboxylic acids is 2. The molecule has 2 aromatic carbocycles. The van der Waals surface area contributed by atoms with E-state index in [1.807, 2.05) is 44.2 Å². The summed E-state index contributed by atoms with van der Waals surface area (Å²) in [5, 5.41) is 2.93. The van der Waals surface area contributed by atoms with Crippen molar-refractivity contribution < 1.29 is 23.8 Å². The van der Waals surface area contributed by atoms with E-state index in [0.29, 0.717) is 24.7 Å². The minimum atomic E-state index is -0.801. The van der Waals surface area contributed by atoms with Crippen molar-refractivity contribution in [2.45, 2.75) is 38.9 Å². The van der Waals surface area contributed by atoms with Gasteiger partial charge in [-0.2, -0.15) is 0 Å². The van der Waals surface area contributed by atoms with Crippen LogP contribution >= 0.6 is 0 Å². The summed E-state index contributed by atoms with van der Waals surface area (Å²) >= 11 is 0. The molecule has 4 rings (SSSR count). The highest BCUT2D eigenvalue weighted by Crippen LogP contribution is 2.31. The molecule has 2 aromatic rings. The number of benzene rings is 2. The molecule has 164 valence electrons. The Bertz CT molecular complexity index is 955. The van der Waals surface area contributed by atoms with Crippen LogP contribution in [0.2, 0.25) is 0 Å². The second-order valence-corrected chi connectivity index (χ2v) is 8.01. The van der Waals surface area contributed by atoms with Crippen molar-refractivity contribution in [2.75, 3.05) is 31.6 Å². The van der Waals surface area contributed by atoms with Crippen LogP contribution in [-0.2, 0) is 14.3 Å². The fraction of sp³-hybridized carbons (Fsp3) is 0.417. The molecule has 1 saturated heterocycles. The van der Waals surface area contributed by atoms with Crippen LogP contribution in [0.3, 0.4) is 0 Å². The molecule has 31 heavy (non-hydrogen) atoms. The number of hydrogen-bond donors (Lipinski definition) is 1. The minimum Gasteiger partial charge on any atom is -0.485 e. The maximum atomic E-state index is 13.3. The number of para-hydroxylation sites is 2. The van der Waals surface area contributed by atoms with Gasteiger partial charge < -0.3 is 24.4 Å². The molecular formula is C24H28N2O5. The van der Waals surface area contributed by atoms with Gasteiger partial charge in [-0.05, 0) is 56.0 Å². The van der Waals surface area contributed by atoms with E-state index >= 15 is 0 Å². The zero-order valence-corrected chi connectivity index (χ0v) is 17.9. The first-order valence-electron chi connectivity index (χ1n) is 10.7. The summed E-state index contributed by atoms with van der Waals surface area (Å²) in [6, 6.07) is 13.0. The predicted molar refractivity (Wildman–Crippen MR) is 116 cm³/mol. The number of aryl methyl sites for hydroxylation is 1. The first kappa shape index (κ1) is 21.2. The van der Waals surface area contributed by atoms with Gasteiger partial charge in [0.2, 0.25) is 12.0 Å². The van der Waals surface area contributed by atoms with Crippen LogP contribution < -0.4 is 14.8 Å². The summed E-state index contributed by atoms with van der Waals surface area (Å²) in [5.74, 6) is 0.618. The monoisotopic (exact) mass is 424 g/mol. The van der Waals surface area contributed by atoms with Gasteiger partial charge in [-0.25, -0.2) is 0 Å². The van der Waals surface area contributed by atoms with Crippen LogP contribution in [0.4, 0.5) is 5.69 Å². The van der Waals surface area contributed by atoms with Gasteiger partial charge in [0, 0.05) is 18.8 Å². The SMILES string of the molecule is Cc1cccc(NC(=O)CN(C[C@H]2CCCO2)C(=O)[C@H]2COc3ccccc3O2)c1C. The average molecular weight is 424 g/mol. The van der Waals surface area contributed by atoms with E-state index in [9.17, 15) is 9.59 Å². The standard InChI is InChI=1S/C24H28N2O5/c1-16-7-5-9-19(17(16)2)25-23(27)14-26(13-18-8-6-12-29-18)24(28)22-15-30-20-10-3-4-11-21(20)31-22/h3-5,7,9-11,18,22H,6,8,12-15H2,1-2H3,(H,25,27)/t18-,22-/m1/s1. The van der Waals surface area contributed by atoms with Gasteiger partial charge in [0.05, 0.1) is 6.10 Å². The maximum absolute atomic E-state index is 13.3. The topological polar surface area (TPSA) is 77.1 Å². The number of nitrogens with one attached hydrogen (secondary N) is 1. The van der Waals surface area contributed by atoms with Crippen LogP contribution in [0.15, 0.2) is 42.5 Å². The molecule has 0 unspecified atom stereocenters. The number of anilines is 1. The number of ether oxygens (including phenoxy) is 3. The molecule has 2 amide bonds. The lowest BCUT2D eigenvalue weighted by atomic mass is 10.1. The Kier molecular flexibility index (Phi) is 6.42. The van der Waals surface area contributed by atoms with Crippen LogP contribution in [0.1, 0.15) is 24.0 Å². The highest BCUT2D eigenvalue weighted by Gasteiger charge is 2.34. The molecule has 1 fully saturated rings. The largest absolute Gasteiger partial charge is 0.485 e. The highest BCUT2D eigenvalue weighted by atomic mass is 16.6. The Labute approximate surface area is 182 Å². The summed E-state index contributed by atoms with van der Waals surface area (Å²) < 4.78 is 17.3. The molecule has 0 bridgehead atoms. The Morgan fingerprint density at radius 1 is 1.10 bits per heavy atom. The molecule has 2 aliphatic rings. The van der Waals surface area contributed by atoms with E-state index in [1.165, 1.54) is 4.90 Å². The molecule has 2 heterocycles. The summed E-state index contributed by atoms with van der Waals surface area (Å²) in [7, 11) is 0. The lowest BCUT2D eigenvalue weighted by Crippen LogP contribution is -2.50. The lowest BCUT2D eigenvalue weighted by Gasteiger charge is -2.31. The third kappa shape index (κ3) is 4.99. The Balaban J connectivity index is 1.46. The minimum absolute atomic E-state index is 0.0748. The smallest absolute Gasteiger partial charge is 0.267 e. The number of rotatable bonds is 6. The van der Waals surface area contributed by atoms with E-state index in [-0.39, 0.29) is 31.1 Å². The molecule has 7 heteroatoms. The number of amides is 2. The number of nitrogens with zero attached hydrogens (tertiary/aromatic N) is 1. The fourth-order valence-corrected chi connectivity index (χ4v) is 3.86. The molecule has 0 spiro atoms. The summed E-state index contributed by atoms with van der Waals surface area (Å²) in [6.45, 7) is 5.02. The molecule has 1 N–H and O–H groups in total. The molecule has 2 aliphatic heterocycles. The zero-order valence-electron chi connectivity index (χ0n) is 17.9. The molecule has 0 radical (unpaired) electrons. The van der Waals surface area contributed by atoms with Crippen molar-refractivity contribution in [3.05, 3.63) is 53.6 Å². The Hall–Kier alpha value is -3.06. The van der Waals surface area contributed by atoms with Gasteiger partial charge in [0.1, 0.15) is 13.2 Å². The van der Waals surface area contributed by atoms with E-state index in [0.717, 1.165) is 29.7 Å². The summed E-state index contributed by atoms with van der Waals surface area (Å²) in [4.78, 5) is 27.6. The van der Waals surface area contributed by atoms with Crippen molar-refractivity contribution in [3.63, 3.8) is 0 Å². The third-order valence-electron chi connectivity index (χ3n) is 5.76. The van der Waals surface area contributed by atoms with Gasteiger partial charge in [0.25, 0.3) is 5.91 Å². The van der Waals surface area contributed by atoms with Crippen molar-refractivity contribution in [1.29, 1.82) is 0 Å². The van der Waals surface area contributed by atoms with Gasteiger partial charge in [0.15, 0.2) is 11.5 Å². The number of fused-ring (bicyclic) bond motifs is 1. The summed E-state index contributed by atoms with van der Waals surface area (Å²) in [6.07, 6.45) is 0.949. The van der Waals surface area contributed by atoms with Gasteiger partial charge in [-0.1, -0.05) is 24.3 Å². The zero-order chi connectivity index (χ0) is 21.8. The maximum Gasteiger partial charge on any atom is 0.267 e. The van der Waals surface area contributed by atoms with Crippen molar-refractivity contribution in [1.82, 2.24) is 4.90 Å². The first-order valence-corrected chi connectivity index (χ1v) is 10.7. The van der Waals surface area contributed by atoms with E-state index in [4.69, 9.17) is 14.2 Å². The quantitative estimate of drug-likeness (QED) is 0.771. The molecule has 0 aromatic heterocycles. The summed E-state index contributed by atoms with van der Waals surface area (Å²) in [5.41, 5.74) is 2.85. The van der Waals surface area contributed by atoms with E-state index < -0.39 is 6.10 Å². The highest BCUT2D eigenvalue weighted by molar-refractivity contribution is 5.96. The molecule has 0 aliphatic carbocycles. The van der Waals surface area contributed by atoms with Crippen LogP contribution in [0, 0.1) is 13.8 Å². The van der Waals surface area contributed by atoms with E-state index in [1.54, 1.807) is 12.1 Å². The Morgan fingerprint density at radius 2 is 1.90 bits per heavy atom. The normalized spacial score (nSPS) is 19.7. The van der Waals surface area contributed by atoms with Gasteiger partial charge in [-0.15, -0.1) is 0 Å². The molecule has 2 atom stereocenters. The van der Waals surface area contributed by atoms with Crippen molar-refractivity contribution in [3.8, 4) is 11.5 Å². The van der Waals surface area contributed by atoms with Crippen molar-refractivity contribution in [2.24, 2.45) is 0 Å². The lowest BCUT2D eigenvalue weighted by molar-refractivity contribution is -0.145. The van der Waals surface area contributed by atoms with Crippen molar-refractivity contribution >= 4 is 17.5 Å². The predicted octanol–water partition coefficient (Wildman–Crippen LogP) is 3.09. The van der Waals surface area contributed by atoms with Gasteiger partial charge >= 0.3 is 0 Å². The molecule has 0 saturated carbocycles. The second-order valence-electron chi connectivity index (χ2n) is 8.01. The van der Waals surface area contributed by atoms with Crippen LogP contribution in [0.25, 0.3) is 0 Å². The van der Waals surface area contributed by atoms with Crippen LogP contribution in [0.5, 0.6) is 11.5 Å². The number of hydrogen-bond acceptors (Lipinski definition) is 5. The van der Waals surface area contributed by atoms with Crippen LogP contribution in [-0.4, -0.2) is 55.2 Å². The second kappa shape index (κ2) is 9.39. The number of carbonyl (C=O) groups is 2. The first-order chi connectivity index (χ1) is 15.0.